The van der Waals surface area contributed by atoms with Crippen LogP contribution in [0, 0.1) is 18.3 Å². The van der Waals surface area contributed by atoms with E-state index in [4.69, 9.17) is 15.9 Å². The second-order valence-electron chi connectivity index (χ2n) is 4.51. The fourth-order valence-electron chi connectivity index (χ4n) is 1.04. The van der Waals surface area contributed by atoms with Gasteiger partial charge in [0.05, 0.1) is 0 Å². The highest BCUT2D eigenvalue weighted by Gasteiger charge is 2.33. The van der Waals surface area contributed by atoms with Crippen LogP contribution in [0.3, 0.4) is 0 Å². The molecule has 0 heterocycles. The maximum Gasteiger partial charge on any atom is 0.510 e. The molecule has 0 amide bonds. The number of hydrogen-bond acceptors (Lipinski definition) is 3. The number of carbonyl (C=O) groups is 1. The third-order valence-electron chi connectivity index (χ3n) is 1.83. The first kappa shape index (κ1) is 10.9. The minimum Gasteiger partial charge on any atom is -0.429 e. The lowest BCUT2D eigenvalue weighted by molar-refractivity contribution is -0.0200. The van der Waals surface area contributed by atoms with E-state index in [9.17, 15) is 4.79 Å². The first-order valence-corrected chi connectivity index (χ1v) is 4.78. The number of rotatable bonds is 2. The Balaban J connectivity index is 2.36. The smallest absolute Gasteiger partial charge is 0.429 e. The zero-order chi connectivity index (χ0) is 10.8. The molecule has 0 aliphatic heterocycles. The Morgan fingerprint density at radius 1 is 1.50 bits per heavy atom. The van der Waals surface area contributed by atoms with Gasteiger partial charge in [-0.3, -0.25) is 0 Å². The van der Waals surface area contributed by atoms with E-state index in [1.54, 1.807) is 20.8 Å². The molecule has 1 aliphatic carbocycles. The maximum atomic E-state index is 11.2. The fourth-order valence-corrected chi connectivity index (χ4v) is 1.04. The standard InChI is InChI=1S/C11H16O3/c1-5-9(8-6-7-8)13-10(12)14-11(2,3)4/h1,8-9H,6-7H2,2-4H3. The second-order valence-corrected chi connectivity index (χ2v) is 4.51. The van der Waals surface area contributed by atoms with Gasteiger partial charge in [0, 0.05) is 5.92 Å². The van der Waals surface area contributed by atoms with Gasteiger partial charge >= 0.3 is 6.16 Å². The van der Waals surface area contributed by atoms with Crippen LogP contribution in [0.15, 0.2) is 0 Å². The lowest BCUT2D eigenvalue weighted by Gasteiger charge is -2.20. The van der Waals surface area contributed by atoms with Gasteiger partial charge < -0.3 is 9.47 Å². The zero-order valence-electron chi connectivity index (χ0n) is 8.87. The monoisotopic (exact) mass is 196 g/mol. The molecule has 78 valence electrons. The van der Waals surface area contributed by atoms with Gasteiger partial charge in [-0.2, -0.15) is 0 Å². The minimum absolute atomic E-state index is 0.340. The van der Waals surface area contributed by atoms with E-state index in [-0.39, 0.29) is 0 Å². The Morgan fingerprint density at radius 2 is 2.07 bits per heavy atom. The summed E-state index contributed by atoms with van der Waals surface area (Å²) in [4.78, 5) is 11.2. The van der Waals surface area contributed by atoms with Crippen LogP contribution in [0.1, 0.15) is 33.6 Å². The number of terminal acetylenes is 1. The van der Waals surface area contributed by atoms with Crippen molar-refractivity contribution in [2.75, 3.05) is 0 Å². The first-order chi connectivity index (χ1) is 6.42. The Kier molecular flexibility index (Phi) is 3.05. The molecule has 0 bridgehead atoms. The summed E-state index contributed by atoms with van der Waals surface area (Å²) in [6, 6.07) is 0. The van der Waals surface area contributed by atoms with E-state index in [0.717, 1.165) is 12.8 Å². The molecule has 1 rings (SSSR count). The van der Waals surface area contributed by atoms with Crippen LogP contribution in [0.4, 0.5) is 4.79 Å². The maximum absolute atomic E-state index is 11.2. The summed E-state index contributed by atoms with van der Waals surface area (Å²) in [7, 11) is 0. The van der Waals surface area contributed by atoms with Crippen molar-refractivity contribution in [3.05, 3.63) is 0 Å². The molecule has 0 aromatic rings. The third kappa shape index (κ3) is 3.69. The first-order valence-electron chi connectivity index (χ1n) is 4.78. The van der Waals surface area contributed by atoms with Crippen molar-refractivity contribution in [2.45, 2.75) is 45.3 Å². The van der Waals surface area contributed by atoms with Crippen LogP contribution in [-0.4, -0.2) is 17.9 Å². The topological polar surface area (TPSA) is 35.5 Å². The molecule has 1 saturated carbocycles. The molecule has 1 unspecified atom stereocenters. The molecular formula is C11H16O3. The quantitative estimate of drug-likeness (QED) is 0.502. The van der Waals surface area contributed by atoms with Crippen molar-refractivity contribution in [1.29, 1.82) is 0 Å². The van der Waals surface area contributed by atoms with Gasteiger partial charge in [0.2, 0.25) is 0 Å². The van der Waals surface area contributed by atoms with Crippen molar-refractivity contribution in [3.8, 4) is 12.3 Å². The van der Waals surface area contributed by atoms with Crippen molar-refractivity contribution in [1.82, 2.24) is 0 Å². The van der Waals surface area contributed by atoms with E-state index in [0.29, 0.717) is 5.92 Å². The van der Waals surface area contributed by atoms with Crippen LogP contribution in [0.2, 0.25) is 0 Å². The Labute approximate surface area is 84.8 Å². The average molecular weight is 196 g/mol. The van der Waals surface area contributed by atoms with Crippen molar-refractivity contribution >= 4 is 6.16 Å². The number of hydrogen-bond donors (Lipinski definition) is 0. The van der Waals surface area contributed by atoms with E-state index in [1.807, 2.05) is 0 Å². The van der Waals surface area contributed by atoms with Crippen molar-refractivity contribution in [2.24, 2.45) is 5.92 Å². The molecule has 0 radical (unpaired) electrons. The van der Waals surface area contributed by atoms with E-state index in [2.05, 4.69) is 5.92 Å². The predicted molar refractivity (Wildman–Crippen MR) is 52.7 cm³/mol. The second kappa shape index (κ2) is 3.91. The largest absolute Gasteiger partial charge is 0.510 e. The minimum atomic E-state index is -0.674. The summed E-state index contributed by atoms with van der Waals surface area (Å²) < 4.78 is 9.99. The molecule has 14 heavy (non-hydrogen) atoms. The van der Waals surface area contributed by atoms with Crippen LogP contribution in [-0.2, 0) is 9.47 Å². The number of carbonyl (C=O) groups excluding carboxylic acids is 1. The molecule has 1 aliphatic rings. The van der Waals surface area contributed by atoms with Crippen LogP contribution in [0.25, 0.3) is 0 Å². The van der Waals surface area contributed by atoms with Gasteiger partial charge in [0.15, 0.2) is 6.10 Å². The SMILES string of the molecule is C#CC(OC(=O)OC(C)(C)C)C1CC1. The Morgan fingerprint density at radius 3 is 2.43 bits per heavy atom. The average Bonchev–Trinajstić information content (AvgIpc) is 2.78. The van der Waals surface area contributed by atoms with Gasteiger partial charge in [-0.15, -0.1) is 6.42 Å². The molecule has 0 spiro atoms. The molecule has 1 fully saturated rings. The highest BCUT2D eigenvalue weighted by atomic mass is 16.7. The molecule has 0 aromatic heterocycles. The summed E-state index contributed by atoms with van der Waals surface area (Å²) in [5, 5.41) is 0. The summed E-state index contributed by atoms with van der Waals surface area (Å²) in [5.41, 5.74) is -0.528. The van der Waals surface area contributed by atoms with Crippen LogP contribution < -0.4 is 0 Å². The Bertz CT molecular complexity index is 253. The predicted octanol–water partition coefficient (Wildman–Crippen LogP) is 2.35. The lowest BCUT2D eigenvalue weighted by Crippen LogP contribution is -2.27. The summed E-state index contributed by atoms with van der Waals surface area (Å²) in [5.74, 6) is 2.80. The summed E-state index contributed by atoms with van der Waals surface area (Å²) in [6.45, 7) is 5.36. The molecule has 0 saturated heterocycles. The molecule has 1 atom stereocenters. The fraction of sp³-hybridized carbons (Fsp3) is 0.727. The normalized spacial score (nSPS) is 18.1. The third-order valence-corrected chi connectivity index (χ3v) is 1.83. The molecule has 3 heteroatoms. The van der Waals surface area contributed by atoms with Crippen LogP contribution >= 0.6 is 0 Å². The van der Waals surface area contributed by atoms with Gasteiger partial charge in [-0.05, 0) is 33.6 Å². The lowest BCUT2D eigenvalue weighted by atomic mass is 10.2. The van der Waals surface area contributed by atoms with Crippen molar-refractivity contribution < 1.29 is 14.3 Å². The number of ether oxygens (including phenoxy) is 2. The summed E-state index contributed by atoms with van der Waals surface area (Å²) in [6.07, 6.45) is 6.24. The van der Waals surface area contributed by atoms with Gasteiger partial charge in [-0.1, -0.05) is 5.92 Å². The molecule has 0 aromatic carbocycles. The molecular weight excluding hydrogens is 180 g/mol. The van der Waals surface area contributed by atoms with E-state index in [1.165, 1.54) is 0 Å². The van der Waals surface area contributed by atoms with E-state index < -0.39 is 17.9 Å². The van der Waals surface area contributed by atoms with E-state index >= 15 is 0 Å². The van der Waals surface area contributed by atoms with Crippen LogP contribution in [0.5, 0.6) is 0 Å². The van der Waals surface area contributed by atoms with Crippen molar-refractivity contribution in [3.63, 3.8) is 0 Å². The Hall–Kier alpha value is -1.17. The van der Waals surface area contributed by atoms with Gasteiger partial charge in [-0.25, -0.2) is 4.79 Å². The zero-order valence-corrected chi connectivity index (χ0v) is 8.87. The molecule has 3 nitrogen and oxygen atoms in total. The highest BCUT2D eigenvalue weighted by molar-refractivity contribution is 5.61. The van der Waals surface area contributed by atoms with Gasteiger partial charge in [0.25, 0.3) is 0 Å². The van der Waals surface area contributed by atoms with Gasteiger partial charge in [0.1, 0.15) is 5.60 Å². The highest BCUT2D eigenvalue weighted by Crippen LogP contribution is 2.34. The summed E-state index contributed by atoms with van der Waals surface area (Å²) >= 11 is 0. The molecule has 0 N–H and O–H groups in total.